The van der Waals surface area contributed by atoms with Crippen LogP contribution in [0, 0.1) is 0 Å². The zero-order valence-electron chi connectivity index (χ0n) is 23.9. The Morgan fingerprint density at radius 3 is 2.41 bits per heavy atom. The van der Waals surface area contributed by atoms with Crippen LogP contribution in [-0.4, -0.2) is 44.3 Å². The lowest BCUT2D eigenvalue weighted by molar-refractivity contribution is 0.194. The summed E-state index contributed by atoms with van der Waals surface area (Å²) in [6.45, 7) is 13.3. The van der Waals surface area contributed by atoms with Crippen molar-refractivity contribution in [3.8, 4) is 11.3 Å². The second kappa shape index (κ2) is 17.2. The molecule has 0 aliphatic heterocycles. The summed E-state index contributed by atoms with van der Waals surface area (Å²) < 4.78 is 5.57. The highest BCUT2D eigenvalue weighted by atomic mass is 16.5. The maximum Gasteiger partial charge on any atom is 0.131 e. The summed E-state index contributed by atoms with van der Waals surface area (Å²) in [6, 6.07) is 8.36. The first-order chi connectivity index (χ1) is 18.9. The van der Waals surface area contributed by atoms with Crippen molar-refractivity contribution in [2.75, 3.05) is 39.3 Å². The standard InChI is InChI=1S/C34H42N4O/c1-8-11-12-13-25-39-26-15-17-28(9-2)16-14-18-32-36-33(27(4)19-22-30(10-3)35-5)34(37-32)29-20-23-31(24-21-29)38(6)7/h8-24,35H,2,4,25-26H2,1,3,5-7H3,(H,36,37)/b11-8-,13-12-,17-15+,18-14+,22-19-,28-16+,30-10+. The molecule has 2 rings (SSSR count). The molecule has 204 valence electrons. The maximum atomic E-state index is 5.57. The third-order valence-electron chi connectivity index (χ3n) is 5.72. The lowest BCUT2D eigenvalue weighted by atomic mass is 10.1. The Balaban J connectivity index is 2.25. The summed E-state index contributed by atoms with van der Waals surface area (Å²) in [7, 11) is 5.96. The van der Waals surface area contributed by atoms with E-state index in [0.717, 1.165) is 45.3 Å². The maximum absolute atomic E-state index is 5.57. The van der Waals surface area contributed by atoms with Crippen LogP contribution in [0.2, 0.25) is 0 Å². The number of allylic oxidation sites excluding steroid dienone is 12. The third kappa shape index (κ3) is 10.5. The second-order valence-corrected chi connectivity index (χ2v) is 8.76. The molecule has 5 heteroatoms. The lowest BCUT2D eigenvalue weighted by Gasteiger charge is -2.12. The van der Waals surface area contributed by atoms with Crippen molar-refractivity contribution in [1.82, 2.24) is 15.3 Å². The van der Waals surface area contributed by atoms with E-state index in [0.29, 0.717) is 13.2 Å². The van der Waals surface area contributed by atoms with E-state index in [1.807, 2.05) is 114 Å². The van der Waals surface area contributed by atoms with Gasteiger partial charge in [0.1, 0.15) is 5.82 Å². The third-order valence-corrected chi connectivity index (χ3v) is 5.72. The average Bonchev–Trinajstić information content (AvgIpc) is 3.38. The molecule has 0 bridgehead atoms. The van der Waals surface area contributed by atoms with Gasteiger partial charge in [0, 0.05) is 38.1 Å². The molecule has 0 saturated heterocycles. The zero-order chi connectivity index (χ0) is 28.5. The fourth-order valence-corrected chi connectivity index (χ4v) is 3.50. The molecule has 0 saturated carbocycles. The average molecular weight is 523 g/mol. The summed E-state index contributed by atoms with van der Waals surface area (Å²) >= 11 is 0. The van der Waals surface area contributed by atoms with Gasteiger partial charge in [0.05, 0.1) is 24.6 Å². The Kier molecular flexibility index (Phi) is 13.6. The molecule has 0 unspecified atom stereocenters. The number of nitrogens with one attached hydrogen (secondary N) is 2. The van der Waals surface area contributed by atoms with E-state index >= 15 is 0 Å². The minimum Gasteiger partial charge on any atom is -0.388 e. The Morgan fingerprint density at radius 1 is 1.03 bits per heavy atom. The molecule has 1 aromatic heterocycles. The topological polar surface area (TPSA) is 53.2 Å². The molecule has 39 heavy (non-hydrogen) atoms. The number of anilines is 1. The van der Waals surface area contributed by atoms with Gasteiger partial charge in [0.25, 0.3) is 0 Å². The van der Waals surface area contributed by atoms with Crippen molar-refractivity contribution in [1.29, 1.82) is 0 Å². The number of likely N-dealkylation sites (N-methyl/N-ethyl adjacent to an activating group) is 1. The monoisotopic (exact) mass is 522 g/mol. The molecule has 1 heterocycles. The molecule has 0 aliphatic rings. The molecule has 1 aromatic carbocycles. The molecule has 5 nitrogen and oxygen atoms in total. The van der Waals surface area contributed by atoms with E-state index in [1.54, 1.807) is 0 Å². The van der Waals surface area contributed by atoms with Gasteiger partial charge >= 0.3 is 0 Å². The number of H-pyrrole nitrogens is 1. The van der Waals surface area contributed by atoms with Crippen LogP contribution in [0.15, 0.2) is 122 Å². The van der Waals surface area contributed by atoms with Crippen molar-refractivity contribution >= 4 is 17.3 Å². The van der Waals surface area contributed by atoms with E-state index in [2.05, 4.69) is 52.6 Å². The van der Waals surface area contributed by atoms with Crippen LogP contribution in [-0.2, 0) is 4.74 Å². The number of nitrogens with zero attached hydrogens (tertiary/aromatic N) is 2. The van der Waals surface area contributed by atoms with Crippen LogP contribution >= 0.6 is 0 Å². The van der Waals surface area contributed by atoms with Gasteiger partial charge < -0.3 is 19.9 Å². The summed E-state index contributed by atoms with van der Waals surface area (Å²) in [5.74, 6) is 0.742. The van der Waals surface area contributed by atoms with E-state index in [1.165, 1.54) is 0 Å². The van der Waals surface area contributed by atoms with E-state index < -0.39 is 0 Å². The first kappa shape index (κ1) is 30.9. The minimum atomic E-state index is 0.532. The number of benzene rings is 1. The number of aromatic nitrogens is 2. The van der Waals surface area contributed by atoms with Gasteiger partial charge in [0.2, 0.25) is 0 Å². The molecule has 0 spiro atoms. The summed E-state index contributed by atoms with van der Waals surface area (Å²) in [5.41, 5.74) is 6.72. The quantitative estimate of drug-likeness (QED) is 0.186. The van der Waals surface area contributed by atoms with Crippen LogP contribution in [0.1, 0.15) is 25.4 Å². The molecule has 2 aromatic rings. The van der Waals surface area contributed by atoms with Crippen LogP contribution in [0.4, 0.5) is 5.69 Å². The van der Waals surface area contributed by atoms with E-state index in [9.17, 15) is 0 Å². The Bertz CT molecular complexity index is 1280. The van der Waals surface area contributed by atoms with Crippen molar-refractivity contribution in [2.24, 2.45) is 0 Å². The molecular formula is C34H42N4O. The van der Waals surface area contributed by atoms with Gasteiger partial charge in [-0.2, -0.15) is 0 Å². The number of imidazole rings is 1. The summed E-state index contributed by atoms with van der Waals surface area (Å²) in [5, 5.41) is 3.16. The molecule has 0 atom stereocenters. The fraction of sp³-hybridized carbons (Fsp3) is 0.206. The van der Waals surface area contributed by atoms with Crippen molar-refractivity contribution in [2.45, 2.75) is 13.8 Å². The fourth-order valence-electron chi connectivity index (χ4n) is 3.50. The first-order valence-corrected chi connectivity index (χ1v) is 13.1. The Morgan fingerprint density at radius 2 is 1.77 bits per heavy atom. The molecular weight excluding hydrogens is 480 g/mol. The van der Waals surface area contributed by atoms with Crippen LogP contribution < -0.4 is 10.2 Å². The zero-order valence-corrected chi connectivity index (χ0v) is 23.9. The van der Waals surface area contributed by atoms with E-state index in [4.69, 9.17) is 9.72 Å². The lowest BCUT2D eigenvalue weighted by Crippen LogP contribution is -2.07. The number of hydrogen-bond donors (Lipinski definition) is 2. The van der Waals surface area contributed by atoms with Crippen molar-refractivity contribution in [3.05, 3.63) is 133 Å². The highest BCUT2D eigenvalue weighted by molar-refractivity contribution is 5.82. The number of rotatable bonds is 15. The smallest absolute Gasteiger partial charge is 0.131 e. The van der Waals surface area contributed by atoms with Gasteiger partial charge in [-0.1, -0.05) is 92.1 Å². The number of aromatic amines is 1. The molecule has 0 fully saturated rings. The number of ether oxygens (including phenoxy) is 1. The molecule has 0 amide bonds. The van der Waals surface area contributed by atoms with Crippen LogP contribution in [0.3, 0.4) is 0 Å². The highest BCUT2D eigenvalue weighted by Crippen LogP contribution is 2.29. The normalized spacial score (nSPS) is 13.1. The van der Waals surface area contributed by atoms with Gasteiger partial charge in [-0.15, -0.1) is 0 Å². The predicted octanol–water partition coefficient (Wildman–Crippen LogP) is 7.67. The van der Waals surface area contributed by atoms with Gasteiger partial charge in [-0.25, -0.2) is 4.98 Å². The van der Waals surface area contributed by atoms with Crippen LogP contribution in [0.5, 0.6) is 0 Å². The Hall–Kier alpha value is -4.35. The molecule has 0 radical (unpaired) electrons. The molecule has 2 N–H and O–H groups in total. The SMILES string of the molecule is C=CC(/C=C/COC/C=C\C=C/C)=C\C=C\c1nc(-c2ccc(N(C)C)cc2)c(C(=C)/C=C\C(=C/C)NC)[nH]1. The van der Waals surface area contributed by atoms with Gasteiger partial charge in [-0.3, -0.25) is 0 Å². The molecule has 0 aliphatic carbocycles. The van der Waals surface area contributed by atoms with Gasteiger partial charge in [0.15, 0.2) is 0 Å². The summed E-state index contributed by atoms with van der Waals surface area (Å²) in [6.07, 6.45) is 25.6. The second-order valence-electron chi connectivity index (χ2n) is 8.76. The number of hydrogen-bond acceptors (Lipinski definition) is 4. The first-order valence-electron chi connectivity index (χ1n) is 13.1. The van der Waals surface area contributed by atoms with Crippen molar-refractivity contribution in [3.63, 3.8) is 0 Å². The minimum absolute atomic E-state index is 0.532. The Labute approximate surface area is 234 Å². The largest absolute Gasteiger partial charge is 0.388 e. The highest BCUT2D eigenvalue weighted by Gasteiger charge is 2.13. The van der Waals surface area contributed by atoms with Crippen molar-refractivity contribution < 1.29 is 4.74 Å². The van der Waals surface area contributed by atoms with Crippen LogP contribution in [0.25, 0.3) is 22.9 Å². The van der Waals surface area contributed by atoms with Gasteiger partial charge in [-0.05, 0) is 49.3 Å². The predicted molar refractivity (Wildman–Crippen MR) is 171 cm³/mol. The summed E-state index contributed by atoms with van der Waals surface area (Å²) in [4.78, 5) is 10.4. The van der Waals surface area contributed by atoms with E-state index in [-0.39, 0.29) is 0 Å².